The van der Waals surface area contributed by atoms with E-state index in [1.165, 1.54) is 23.2 Å². The van der Waals surface area contributed by atoms with Crippen LogP contribution >= 0.6 is 0 Å². The van der Waals surface area contributed by atoms with E-state index in [0.29, 0.717) is 17.4 Å². The molecule has 1 aromatic heterocycles. The van der Waals surface area contributed by atoms with Gasteiger partial charge in [0, 0.05) is 24.7 Å². The summed E-state index contributed by atoms with van der Waals surface area (Å²) in [6.45, 7) is 0. The van der Waals surface area contributed by atoms with Crippen LogP contribution in [0.2, 0.25) is 0 Å². The zero-order valence-electron chi connectivity index (χ0n) is 17.5. The average molecular weight is 431 g/mol. The van der Waals surface area contributed by atoms with Crippen molar-refractivity contribution in [3.63, 3.8) is 0 Å². The van der Waals surface area contributed by atoms with Crippen molar-refractivity contribution in [1.29, 1.82) is 0 Å². The molecule has 162 valence electrons. The number of nitrogens with zero attached hydrogens (tertiary/aromatic N) is 3. The minimum absolute atomic E-state index is 0.0296. The van der Waals surface area contributed by atoms with Gasteiger partial charge in [0.05, 0.1) is 17.1 Å². The summed E-state index contributed by atoms with van der Waals surface area (Å²) in [5.74, 6) is 0.326. The Morgan fingerprint density at radius 1 is 1.07 bits per heavy atom. The molecule has 0 spiro atoms. The number of carbonyl (C=O) groups is 1. The van der Waals surface area contributed by atoms with Gasteiger partial charge in [-0.2, -0.15) is 9.40 Å². The van der Waals surface area contributed by atoms with E-state index in [1.54, 1.807) is 37.5 Å². The van der Waals surface area contributed by atoms with Gasteiger partial charge in [0.25, 0.3) is 5.91 Å². The average Bonchev–Trinajstić information content (AvgIpc) is 3.45. The summed E-state index contributed by atoms with van der Waals surface area (Å²) in [5, 5.41) is 7.28. The summed E-state index contributed by atoms with van der Waals surface area (Å²) in [5.41, 5.74) is 0.326. The number of aromatic nitrogens is 2. The molecule has 1 aromatic carbocycles. The van der Waals surface area contributed by atoms with E-state index in [-0.39, 0.29) is 16.8 Å². The lowest BCUT2D eigenvalue weighted by Gasteiger charge is -2.30. The van der Waals surface area contributed by atoms with Crippen LogP contribution in [0.4, 0.5) is 5.82 Å². The van der Waals surface area contributed by atoms with E-state index >= 15 is 0 Å². The molecule has 0 bridgehead atoms. The molecule has 0 radical (unpaired) electrons. The number of hydrogen-bond donors (Lipinski definition) is 1. The van der Waals surface area contributed by atoms with E-state index in [0.717, 1.165) is 44.9 Å². The van der Waals surface area contributed by atoms with Gasteiger partial charge < -0.3 is 5.32 Å². The molecule has 1 N–H and O–H groups in total. The van der Waals surface area contributed by atoms with Gasteiger partial charge in [0.2, 0.25) is 10.0 Å². The van der Waals surface area contributed by atoms with E-state index in [9.17, 15) is 13.2 Å². The lowest BCUT2D eigenvalue weighted by Crippen LogP contribution is -2.38. The van der Waals surface area contributed by atoms with Gasteiger partial charge in [-0.25, -0.2) is 13.1 Å². The van der Waals surface area contributed by atoms with E-state index in [1.807, 2.05) is 4.68 Å². The Hall–Kier alpha value is -2.19. The Kier molecular flexibility index (Phi) is 6.24. The fourth-order valence-electron chi connectivity index (χ4n) is 4.65. The highest BCUT2D eigenvalue weighted by molar-refractivity contribution is 7.89. The Morgan fingerprint density at radius 2 is 1.77 bits per heavy atom. The first-order valence-corrected chi connectivity index (χ1v) is 12.3. The number of nitrogens with one attached hydrogen (secondary N) is 1. The molecule has 2 fully saturated rings. The Bertz CT molecular complexity index is 989. The topological polar surface area (TPSA) is 84.3 Å². The molecule has 8 heteroatoms. The molecule has 4 rings (SSSR count). The van der Waals surface area contributed by atoms with Crippen molar-refractivity contribution in [1.82, 2.24) is 14.1 Å². The predicted octanol–water partition coefficient (Wildman–Crippen LogP) is 4.20. The quantitative estimate of drug-likeness (QED) is 0.744. The van der Waals surface area contributed by atoms with Crippen LogP contribution in [0.5, 0.6) is 0 Å². The van der Waals surface area contributed by atoms with Gasteiger partial charge in [-0.1, -0.05) is 38.2 Å². The summed E-state index contributed by atoms with van der Waals surface area (Å²) < 4.78 is 29.6. The van der Waals surface area contributed by atoms with Crippen LogP contribution in [0.1, 0.15) is 74.2 Å². The minimum atomic E-state index is -3.64. The Balaban J connectivity index is 1.52. The number of sulfonamides is 1. The minimum Gasteiger partial charge on any atom is -0.307 e. The maximum absolute atomic E-state index is 13.1. The highest BCUT2D eigenvalue weighted by atomic mass is 32.2. The molecule has 2 saturated carbocycles. The lowest BCUT2D eigenvalue weighted by molar-refractivity contribution is 0.102. The van der Waals surface area contributed by atoms with E-state index < -0.39 is 10.0 Å². The zero-order chi connectivity index (χ0) is 21.1. The van der Waals surface area contributed by atoms with Crippen LogP contribution in [-0.2, 0) is 10.0 Å². The zero-order valence-corrected chi connectivity index (χ0v) is 18.3. The molecule has 0 saturated heterocycles. The normalized spacial score (nSPS) is 18.7. The number of benzene rings is 1. The van der Waals surface area contributed by atoms with Gasteiger partial charge >= 0.3 is 0 Å². The standard InChI is InChI=1S/C22H30N4O3S/c1-25(18-9-3-2-4-10-18)30(28,29)20-13-7-8-17(16-20)22(27)24-21-14-15-23-26(21)19-11-5-6-12-19/h7-8,13-16,18-19H,2-6,9-12H2,1H3,(H,24,27). The molecule has 7 nitrogen and oxygen atoms in total. The number of hydrogen-bond acceptors (Lipinski definition) is 4. The SMILES string of the molecule is CN(C1CCCCC1)S(=O)(=O)c1cccc(C(=O)Nc2ccnn2C2CCCC2)c1. The number of amides is 1. The summed E-state index contributed by atoms with van der Waals surface area (Å²) in [4.78, 5) is 13.0. The van der Waals surface area contributed by atoms with Crippen molar-refractivity contribution >= 4 is 21.7 Å². The summed E-state index contributed by atoms with van der Waals surface area (Å²) >= 11 is 0. The summed E-state index contributed by atoms with van der Waals surface area (Å²) in [6, 6.07) is 8.44. The maximum atomic E-state index is 13.1. The van der Waals surface area contributed by atoms with Crippen molar-refractivity contribution in [2.24, 2.45) is 0 Å². The number of rotatable bonds is 6. The van der Waals surface area contributed by atoms with Crippen LogP contribution in [0.3, 0.4) is 0 Å². The van der Waals surface area contributed by atoms with Gasteiger partial charge in [-0.15, -0.1) is 0 Å². The van der Waals surface area contributed by atoms with Crippen LogP contribution < -0.4 is 5.32 Å². The molecular weight excluding hydrogens is 400 g/mol. The third kappa shape index (κ3) is 4.30. The van der Waals surface area contributed by atoms with Gasteiger partial charge in [-0.05, 0) is 43.9 Å². The van der Waals surface area contributed by atoms with E-state index in [4.69, 9.17) is 0 Å². The first-order chi connectivity index (χ1) is 14.5. The second kappa shape index (κ2) is 8.89. The second-order valence-corrected chi connectivity index (χ2v) is 10.4. The molecular formula is C22H30N4O3S. The number of anilines is 1. The lowest BCUT2D eigenvalue weighted by atomic mass is 9.96. The third-order valence-electron chi connectivity index (χ3n) is 6.44. The highest BCUT2D eigenvalue weighted by Crippen LogP contribution is 2.31. The molecule has 2 aliphatic rings. The molecule has 2 aromatic rings. The van der Waals surface area contributed by atoms with Crippen molar-refractivity contribution in [2.45, 2.75) is 74.8 Å². The third-order valence-corrected chi connectivity index (χ3v) is 8.35. The molecule has 1 heterocycles. The number of carbonyl (C=O) groups excluding carboxylic acids is 1. The Labute approximate surface area is 178 Å². The van der Waals surface area contributed by atoms with Crippen LogP contribution in [-0.4, -0.2) is 41.5 Å². The molecule has 0 unspecified atom stereocenters. The molecule has 2 aliphatic carbocycles. The molecule has 1 amide bonds. The Morgan fingerprint density at radius 3 is 2.50 bits per heavy atom. The van der Waals surface area contributed by atoms with Gasteiger partial charge in [-0.3, -0.25) is 4.79 Å². The van der Waals surface area contributed by atoms with Crippen LogP contribution in [0.15, 0.2) is 41.4 Å². The van der Waals surface area contributed by atoms with Gasteiger partial charge in [0.15, 0.2) is 0 Å². The largest absolute Gasteiger partial charge is 0.307 e. The van der Waals surface area contributed by atoms with Crippen molar-refractivity contribution in [3.8, 4) is 0 Å². The van der Waals surface area contributed by atoms with Crippen molar-refractivity contribution < 1.29 is 13.2 Å². The second-order valence-electron chi connectivity index (χ2n) is 8.39. The monoisotopic (exact) mass is 430 g/mol. The van der Waals surface area contributed by atoms with Crippen molar-refractivity contribution in [2.75, 3.05) is 12.4 Å². The smallest absolute Gasteiger partial charge is 0.256 e. The molecule has 0 aliphatic heterocycles. The maximum Gasteiger partial charge on any atom is 0.256 e. The first-order valence-electron chi connectivity index (χ1n) is 10.9. The molecule has 30 heavy (non-hydrogen) atoms. The van der Waals surface area contributed by atoms with Crippen LogP contribution in [0, 0.1) is 0 Å². The predicted molar refractivity (Wildman–Crippen MR) is 116 cm³/mol. The highest BCUT2D eigenvalue weighted by Gasteiger charge is 2.29. The molecule has 0 atom stereocenters. The summed E-state index contributed by atoms with van der Waals surface area (Å²) in [6.07, 6.45) is 11.2. The van der Waals surface area contributed by atoms with E-state index in [2.05, 4.69) is 10.4 Å². The van der Waals surface area contributed by atoms with Crippen LogP contribution in [0.25, 0.3) is 0 Å². The fourth-order valence-corrected chi connectivity index (χ4v) is 6.11. The summed E-state index contributed by atoms with van der Waals surface area (Å²) in [7, 11) is -1.99. The fraction of sp³-hybridized carbons (Fsp3) is 0.545. The first kappa shape index (κ1) is 21.1. The van der Waals surface area contributed by atoms with Crippen molar-refractivity contribution in [3.05, 3.63) is 42.1 Å². The van der Waals surface area contributed by atoms with Gasteiger partial charge in [0.1, 0.15) is 5.82 Å².